The molecule has 0 bridgehead atoms. The van der Waals surface area contributed by atoms with Gasteiger partial charge in [-0.2, -0.15) is 0 Å². The average Bonchev–Trinajstić information content (AvgIpc) is 2.91. The van der Waals surface area contributed by atoms with E-state index in [4.69, 9.17) is 4.42 Å². The van der Waals surface area contributed by atoms with Crippen molar-refractivity contribution in [1.82, 2.24) is 4.90 Å². The summed E-state index contributed by atoms with van der Waals surface area (Å²) in [5, 5.41) is 0. The molecule has 3 heteroatoms. The summed E-state index contributed by atoms with van der Waals surface area (Å²) in [6, 6.07) is 12.0. The summed E-state index contributed by atoms with van der Waals surface area (Å²) < 4.78 is 5.22. The van der Waals surface area contributed by atoms with Crippen LogP contribution in [0.25, 0.3) is 0 Å². The van der Waals surface area contributed by atoms with Gasteiger partial charge in [0.1, 0.15) is 5.76 Å². The van der Waals surface area contributed by atoms with Crippen molar-refractivity contribution < 1.29 is 9.21 Å². The van der Waals surface area contributed by atoms with Crippen LogP contribution >= 0.6 is 0 Å². The predicted octanol–water partition coefficient (Wildman–Crippen LogP) is 2.41. The van der Waals surface area contributed by atoms with Gasteiger partial charge >= 0.3 is 0 Å². The number of carbonyl (C=O) groups is 1. The van der Waals surface area contributed by atoms with Crippen LogP contribution in [0.5, 0.6) is 0 Å². The number of benzene rings is 1. The second-order valence-corrected chi connectivity index (χ2v) is 4.59. The van der Waals surface area contributed by atoms with Crippen LogP contribution in [0, 0.1) is 0 Å². The molecule has 1 aliphatic heterocycles. The fraction of sp³-hybridized carbons (Fsp3) is 0.267. The number of furan rings is 1. The Morgan fingerprint density at radius 3 is 2.78 bits per heavy atom. The third-order valence-electron chi connectivity index (χ3n) is 3.39. The molecule has 0 radical (unpaired) electrons. The highest BCUT2D eigenvalue weighted by Gasteiger charge is 2.20. The maximum Gasteiger partial charge on any atom is 0.230 e. The first-order valence-corrected chi connectivity index (χ1v) is 6.20. The molecule has 2 aromatic rings. The largest absolute Gasteiger partial charge is 0.469 e. The summed E-state index contributed by atoms with van der Waals surface area (Å²) in [6.07, 6.45) is 2.91. The number of hydrogen-bond acceptors (Lipinski definition) is 2. The van der Waals surface area contributed by atoms with Crippen molar-refractivity contribution in [3.8, 4) is 0 Å². The van der Waals surface area contributed by atoms with E-state index in [-0.39, 0.29) is 5.91 Å². The second kappa shape index (κ2) is 4.69. The first-order chi connectivity index (χ1) is 8.83. The van der Waals surface area contributed by atoms with Gasteiger partial charge in [-0.15, -0.1) is 0 Å². The molecule has 0 saturated carbocycles. The van der Waals surface area contributed by atoms with E-state index in [0.29, 0.717) is 6.42 Å². The SMILES string of the molecule is O=C(Cc1ccco1)N1CCc2ccccc2C1. The van der Waals surface area contributed by atoms with Crippen molar-refractivity contribution in [1.29, 1.82) is 0 Å². The van der Waals surface area contributed by atoms with Crippen molar-refractivity contribution in [3.63, 3.8) is 0 Å². The lowest BCUT2D eigenvalue weighted by molar-refractivity contribution is -0.131. The number of amides is 1. The Hall–Kier alpha value is -2.03. The molecule has 0 aliphatic carbocycles. The topological polar surface area (TPSA) is 33.5 Å². The van der Waals surface area contributed by atoms with Crippen molar-refractivity contribution in [2.75, 3.05) is 6.54 Å². The van der Waals surface area contributed by atoms with Gasteiger partial charge in [0.05, 0.1) is 12.7 Å². The van der Waals surface area contributed by atoms with Gasteiger partial charge in [-0.3, -0.25) is 4.79 Å². The van der Waals surface area contributed by atoms with Gasteiger partial charge in [0.25, 0.3) is 0 Å². The first-order valence-electron chi connectivity index (χ1n) is 6.20. The molecule has 1 aromatic carbocycles. The minimum Gasteiger partial charge on any atom is -0.469 e. The molecule has 3 nitrogen and oxygen atoms in total. The van der Waals surface area contributed by atoms with E-state index in [1.165, 1.54) is 11.1 Å². The van der Waals surface area contributed by atoms with Gasteiger partial charge in [0, 0.05) is 13.1 Å². The number of nitrogens with zero attached hydrogens (tertiary/aromatic N) is 1. The minimum atomic E-state index is 0.138. The maximum absolute atomic E-state index is 12.1. The highest BCUT2D eigenvalue weighted by molar-refractivity contribution is 5.78. The summed E-state index contributed by atoms with van der Waals surface area (Å²) in [6.45, 7) is 1.52. The Morgan fingerprint density at radius 2 is 2.00 bits per heavy atom. The monoisotopic (exact) mass is 241 g/mol. The maximum atomic E-state index is 12.1. The average molecular weight is 241 g/mol. The lowest BCUT2D eigenvalue weighted by atomic mass is 10.00. The van der Waals surface area contributed by atoms with Gasteiger partial charge in [0.15, 0.2) is 0 Å². The van der Waals surface area contributed by atoms with Crippen LogP contribution in [0.2, 0.25) is 0 Å². The molecule has 0 unspecified atom stereocenters. The molecule has 92 valence electrons. The third kappa shape index (κ3) is 2.16. The second-order valence-electron chi connectivity index (χ2n) is 4.59. The number of carbonyl (C=O) groups excluding carboxylic acids is 1. The molecule has 0 fully saturated rings. The lowest BCUT2D eigenvalue weighted by Gasteiger charge is -2.28. The van der Waals surface area contributed by atoms with E-state index in [9.17, 15) is 4.79 Å². The van der Waals surface area contributed by atoms with Crippen LogP contribution in [0.4, 0.5) is 0 Å². The van der Waals surface area contributed by atoms with Crippen LogP contribution in [0.15, 0.2) is 47.1 Å². The zero-order valence-corrected chi connectivity index (χ0v) is 10.1. The van der Waals surface area contributed by atoms with Gasteiger partial charge in [-0.05, 0) is 29.7 Å². The molecule has 1 amide bonds. The molecule has 0 saturated heterocycles. The standard InChI is InChI=1S/C15H15NO2/c17-15(10-14-6-3-9-18-14)16-8-7-12-4-1-2-5-13(12)11-16/h1-6,9H,7-8,10-11H2. The summed E-state index contributed by atoms with van der Waals surface area (Å²) in [4.78, 5) is 14.0. The van der Waals surface area contributed by atoms with Crippen LogP contribution in [-0.2, 0) is 24.2 Å². The van der Waals surface area contributed by atoms with Crippen LogP contribution in [0.1, 0.15) is 16.9 Å². The molecule has 0 atom stereocenters. The van der Waals surface area contributed by atoms with Gasteiger partial charge in [0.2, 0.25) is 5.91 Å². The fourth-order valence-electron chi connectivity index (χ4n) is 2.38. The molecule has 18 heavy (non-hydrogen) atoms. The van der Waals surface area contributed by atoms with Crippen LogP contribution in [-0.4, -0.2) is 17.4 Å². The van der Waals surface area contributed by atoms with E-state index in [1.807, 2.05) is 23.1 Å². The van der Waals surface area contributed by atoms with Crippen molar-refractivity contribution >= 4 is 5.91 Å². The predicted molar refractivity (Wildman–Crippen MR) is 68.0 cm³/mol. The normalized spacial score (nSPS) is 14.3. The molecule has 2 heterocycles. The Balaban J connectivity index is 1.70. The zero-order chi connectivity index (χ0) is 12.4. The number of rotatable bonds is 2. The molecule has 0 N–H and O–H groups in total. The quantitative estimate of drug-likeness (QED) is 0.809. The van der Waals surface area contributed by atoms with Gasteiger partial charge in [-0.25, -0.2) is 0 Å². The smallest absolute Gasteiger partial charge is 0.230 e. The number of fused-ring (bicyclic) bond motifs is 1. The summed E-state index contributed by atoms with van der Waals surface area (Å²) >= 11 is 0. The zero-order valence-electron chi connectivity index (χ0n) is 10.1. The Labute approximate surface area is 106 Å². The molecule has 3 rings (SSSR count). The van der Waals surface area contributed by atoms with Crippen molar-refractivity contribution in [2.45, 2.75) is 19.4 Å². The van der Waals surface area contributed by atoms with Crippen LogP contribution in [0.3, 0.4) is 0 Å². The fourth-order valence-corrected chi connectivity index (χ4v) is 2.38. The van der Waals surface area contributed by atoms with E-state index in [1.54, 1.807) is 6.26 Å². The van der Waals surface area contributed by atoms with Gasteiger partial charge < -0.3 is 9.32 Å². The van der Waals surface area contributed by atoms with Gasteiger partial charge in [-0.1, -0.05) is 24.3 Å². The Bertz CT molecular complexity index is 545. The Morgan fingerprint density at radius 1 is 1.17 bits per heavy atom. The molecule has 1 aromatic heterocycles. The molecule has 0 spiro atoms. The van der Waals surface area contributed by atoms with E-state index < -0.39 is 0 Å². The Kier molecular flexibility index (Phi) is 2.89. The first kappa shape index (κ1) is 11.1. The van der Waals surface area contributed by atoms with Crippen molar-refractivity contribution in [2.24, 2.45) is 0 Å². The highest BCUT2D eigenvalue weighted by Crippen LogP contribution is 2.19. The highest BCUT2D eigenvalue weighted by atomic mass is 16.3. The molecular weight excluding hydrogens is 226 g/mol. The van der Waals surface area contributed by atoms with E-state index >= 15 is 0 Å². The summed E-state index contributed by atoms with van der Waals surface area (Å²) in [5.74, 6) is 0.873. The summed E-state index contributed by atoms with van der Waals surface area (Å²) in [7, 11) is 0. The summed E-state index contributed by atoms with van der Waals surface area (Å²) in [5.41, 5.74) is 2.62. The third-order valence-corrected chi connectivity index (χ3v) is 3.39. The minimum absolute atomic E-state index is 0.138. The van der Waals surface area contributed by atoms with E-state index in [2.05, 4.69) is 18.2 Å². The van der Waals surface area contributed by atoms with Crippen molar-refractivity contribution in [3.05, 3.63) is 59.5 Å². The number of hydrogen-bond donors (Lipinski definition) is 0. The lowest BCUT2D eigenvalue weighted by Crippen LogP contribution is -2.36. The van der Waals surface area contributed by atoms with Crippen LogP contribution < -0.4 is 0 Å². The molecule has 1 aliphatic rings. The van der Waals surface area contributed by atoms with E-state index in [0.717, 1.165) is 25.3 Å². The molecular formula is C15H15NO2.